The first-order chi connectivity index (χ1) is 15.9. The van der Waals surface area contributed by atoms with Gasteiger partial charge in [-0.15, -0.1) is 0 Å². The van der Waals surface area contributed by atoms with Gasteiger partial charge in [-0.25, -0.2) is 0 Å². The summed E-state index contributed by atoms with van der Waals surface area (Å²) >= 11 is 0. The van der Waals surface area contributed by atoms with Crippen LogP contribution in [0, 0.1) is 11.3 Å². The molecule has 0 aromatic heterocycles. The third-order valence-corrected chi connectivity index (χ3v) is 5.23. The largest absolute Gasteiger partial charge is 0.192 e. The van der Waals surface area contributed by atoms with Crippen LogP contribution < -0.4 is 0 Å². The van der Waals surface area contributed by atoms with Gasteiger partial charge in [-0.3, -0.25) is 0 Å². The van der Waals surface area contributed by atoms with Crippen LogP contribution in [0.1, 0.15) is 5.56 Å². The zero-order chi connectivity index (χ0) is 22.0. The Balaban J connectivity index is 0.000000158. The first-order valence-electron chi connectivity index (χ1n) is 10.6. The molecule has 0 saturated carbocycles. The van der Waals surface area contributed by atoms with Gasteiger partial charge in [0.05, 0.1) is 11.6 Å². The van der Waals surface area contributed by atoms with Crippen molar-refractivity contribution in [3.63, 3.8) is 0 Å². The van der Waals surface area contributed by atoms with E-state index in [-0.39, 0.29) is 0 Å². The second-order valence-corrected chi connectivity index (χ2v) is 7.30. The van der Waals surface area contributed by atoms with Crippen LogP contribution in [0.25, 0.3) is 33.4 Å². The van der Waals surface area contributed by atoms with Gasteiger partial charge in [0, 0.05) is 0 Å². The fourth-order valence-electron chi connectivity index (χ4n) is 3.67. The molecule has 0 aliphatic rings. The molecular formula is C31H23N. The number of hydrogen-bond donors (Lipinski definition) is 0. The zero-order valence-electron chi connectivity index (χ0n) is 17.7. The molecule has 0 radical (unpaired) electrons. The van der Waals surface area contributed by atoms with Gasteiger partial charge >= 0.3 is 0 Å². The normalized spacial score (nSPS) is 9.84. The molecule has 0 unspecified atom stereocenters. The number of nitriles is 1. The van der Waals surface area contributed by atoms with Gasteiger partial charge in [-0.2, -0.15) is 5.26 Å². The second kappa shape index (κ2) is 10.6. The van der Waals surface area contributed by atoms with Crippen molar-refractivity contribution in [1.82, 2.24) is 0 Å². The molecule has 0 heterocycles. The minimum Gasteiger partial charge on any atom is -0.192 e. The fraction of sp³-hybridized carbons (Fsp3) is 0. The summed E-state index contributed by atoms with van der Waals surface area (Å²) in [6.07, 6.45) is 0. The van der Waals surface area contributed by atoms with Crippen molar-refractivity contribution in [1.29, 1.82) is 5.26 Å². The zero-order valence-corrected chi connectivity index (χ0v) is 17.7. The Morgan fingerprint density at radius 2 is 0.656 bits per heavy atom. The molecule has 0 saturated heterocycles. The Bertz CT molecular complexity index is 1240. The highest BCUT2D eigenvalue weighted by Crippen LogP contribution is 2.31. The highest BCUT2D eigenvalue weighted by Gasteiger charge is 2.05. The molecule has 1 heteroatoms. The van der Waals surface area contributed by atoms with Crippen molar-refractivity contribution in [2.24, 2.45) is 0 Å². The van der Waals surface area contributed by atoms with E-state index in [9.17, 15) is 0 Å². The Labute approximate surface area is 189 Å². The SMILES string of the molecule is N#Cc1ccccc1-c1ccccc1.c1ccc(-c2ccccc2-c2ccccc2)cc1. The maximum Gasteiger partial charge on any atom is 0.0998 e. The predicted octanol–water partition coefficient (Wildman–Crippen LogP) is 8.25. The van der Waals surface area contributed by atoms with Gasteiger partial charge < -0.3 is 0 Å². The quantitative estimate of drug-likeness (QED) is 0.294. The van der Waals surface area contributed by atoms with Gasteiger partial charge in [0.2, 0.25) is 0 Å². The van der Waals surface area contributed by atoms with Gasteiger partial charge in [0.15, 0.2) is 0 Å². The van der Waals surface area contributed by atoms with Crippen LogP contribution in [0.15, 0.2) is 140 Å². The predicted molar refractivity (Wildman–Crippen MR) is 134 cm³/mol. The van der Waals surface area contributed by atoms with Crippen molar-refractivity contribution in [2.45, 2.75) is 0 Å². The molecule has 5 aromatic carbocycles. The van der Waals surface area contributed by atoms with Crippen LogP contribution in [0.3, 0.4) is 0 Å². The summed E-state index contributed by atoms with van der Waals surface area (Å²) in [4.78, 5) is 0. The van der Waals surface area contributed by atoms with Crippen molar-refractivity contribution in [3.05, 3.63) is 145 Å². The number of rotatable bonds is 3. The van der Waals surface area contributed by atoms with Crippen molar-refractivity contribution in [3.8, 4) is 39.4 Å². The summed E-state index contributed by atoms with van der Waals surface area (Å²) in [5.74, 6) is 0. The minimum atomic E-state index is 0.721. The smallest absolute Gasteiger partial charge is 0.0998 e. The summed E-state index contributed by atoms with van der Waals surface area (Å²) in [5, 5.41) is 8.93. The summed E-state index contributed by atoms with van der Waals surface area (Å²) in [7, 11) is 0. The van der Waals surface area contributed by atoms with Crippen molar-refractivity contribution < 1.29 is 0 Å². The Morgan fingerprint density at radius 3 is 1.06 bits per heavy atom. The lowest BCUT2D eigenvalue weighted by Crippen LogP contribution is -1.83. The van der Waals surface area contributed by atoms with Crippen LogP contribution in [0.4, 0.5) is 0 Å². The van der Waals surface area contributed by atoms with E-state index in [2.05, 4.69) is 91.0 Å². The molecule has 0 N–H and O–H groups in total. The molecule has 1 nitrogen and oxygen atoms in total. The van der Waals surface area contributed by atoms with Gasteiger partial charge in [-0.1, -0.05) is 133 Å². The van der Waals surface area contributed by atoms with Gasteiger partial charge in [-0.05, 0) is 39.4 Å². The number of hydrogen-bond acceptors (Lipinski definition) is 1. The van der Waals surface area contributed by atoms with E-state index in [1.165, 1.54) is 22.3 Å². The van der Waals surface area contributed by atoms with Crippen LogP contribution >= 0.6 is 0 Å². The monoisotopic (exact) mass is 409 g/mol. The highest BCUT2D eigenvalue weighted by molar-refractivity contribution is 5.83. The first-order valence-corrected chi connectivity index (χ1v) is 10.6. The molecule has 0 aliphatic heterocycles. The molecule has 0 aliphatic carbocycles. The van der Waals surface area contributed by atoms with E-state index >= 15 is 0 Å². The van der Waals surface area contributed by atoms with Crippen LogP contribution in [-0.4, -0.2) is 0 Å². The minimum absolute atomic E-state index is 0.721. The van der Waals surface area contributed by atoms with E-state index in [4.69, 9.17) is 5.26 Å². The molecule has 0 bridgehead atoms. The summed E-state index contributed by atoms with van der Waals surface area (Å²) < 4.78 is 0. The standard InChI is InChI=1S/C18H14.C13H9N/c1-3-9-15(10-4-1)17-13-7-8-14-18(17)16-11-5-2-6-12-16;14-10-12-8-4-5-9-13(12)11-6-2-1-3-7-11/h1-14H;1-9H. The van der Waals surface area contributed by atoms with E-state index in [0.717, 1.165) is 16.7 Å². The number of nitrogens with zero attached hydrogens (tertiary/aromatic N) is 1. The topological polar surface area (TPSA) is 23.8 Å². The van der Waals surface area contributed by atoms with Crippen molar-refractivity contribution >= 4 is 0 Å². The van der Waals surface area contributed by atoms with Gasteiger partial charge in [0.1, 0.15) is 0 Å². The molecular weight excluding hydrogens is 386 g/mol. The Hall–Kier alpha value is -4.41. The number of benzene rings is 5. The molecule has 0 spiro atoms. The molecule has 0 atom stereocenters. The molecule has 5 aromatic rings. The lowest BCUT2D eigenvalue weighted by atomic mass is 9.95. The highest BCUT2D eigenvalue weighted by atomic mass is 14.2. The molecule has 0 amide bonds. The third-order valence-electron chi connectivity index (χ3n) is 5.23. The average molecular weight is 410 g/mol. The maximum atomic E-state index is 8.93. The summed E-state index contributed by atoms with van der Waals surface area (Å²) in [5.41, 5.74) is 7.89. The Morgan fingerprint density at radius 1 is 0.344 bits per heavy atom. The van der Waals surface area contributed by atoms with E-state index in [0.29, 0.717) is 0 Å². The first kappa shape index (κ1) is 20.8. The summed E-state index contributed by atoms with van der Waals surface area (Å²) in [6, 6.07) is 49.3. The third kappa shape index (κ3) is 5.01. The lowest BCUT2D eigenvalue weighted by molar-refractivity contribution is 1.48. The fourth-order valence-corrected chi connectivity index (χ4v) is 3.67. The van der Waals surface area contributed by atoms with Crippen LogP contribution in [0.2, 0.25) is 0 Å². The van der Waals surface area contributed by atoms with Crippen molar-refractivity contribution in [2.75, 3.05) is 0 Å². The Kier molecular flexibility index (Phi) is 6.88. The van der Waals surface area contributed by atoms with E-state index in [1.807, 2.05) is 54.6 Å². The molecule has 152 valence electrons. The molecule has 32 heavy (non-hydrogen) atoms. The summed E-state index contributed by atoms with van der Waals surface area (Å²) in [6.45, 7) is 0. The molecule has 5 rings (SSSR count). The second-order valence-electron chi connectivity index (χ2n) is 7.30. The maximum absolute atomic E-state index is 8.93. The van der Waals surface area contributed by atoms with E-state index < -0.39 is 0 Å². The van der Waals surface area contributed by atoms with Crippen LogP contribution in [0.5, 0.6) is 0 Å². The van der Waals surface area contributed by atoms with Crippen LogP contribution in [-0.2, 0) is 0 Å². The van der Waals surface area contributed by atoms with E-state index in [1.54, 1.807) is 0 Å². The average Bonchev–Trinajstić information content (AvgIpc) is 2.90. The van der Waals surface area contributed by atoms with Gasteiger partial charge in [0.25, 0.3) is 0 Å². The lowest BCUT2D eigenvalue weighted by Gasteiger charge is -2.09. The molecule has 0 fully saturated rings.